The standard InChI is InChI=1S/C13H16N4O3/c1-4-9-5-10(6-17-7-14-15-16-17)12(19)11(8(2)18)13(9)20-3/h5,7,19H,4,6H2,1-3H3. The van der Waals surface area contributed by atoms with Gasteiger partial charge in [0.05, 0.1) is 13.7 Å². The molecule has 7 nitrogen and oxygen atoms in total. The van der Waals surface area contributed by atoms with E-state index in [1.165, 1.54) is 25.0 Å². The Morgan fingerprint density at radius 3 is 2.70 bits per heavy atom. The van der Waals surface area contributed by atoms with Crippen LogP contribution < -0.4 is 4.74 Å². The van der Waals surface area contributed by atoms with E-state index in [-0.39, 0.29) is 23.6 Å². The molecule has 0 atom stereocenters. The average Bonchev–Trinajstić information content (AvgIpc) is 2.92. The number of rotatable bonds is 5. The number of ether oxygens (including phenoxy) is 1. The number of aryl methyl sites for hydroxylation is 1. The number of carbonyl (C=O) groups excluding carboxylic acids is 1. The first-order valence-corrected chi connectivity index (χ1v) is 6.21. The molecule has 0 aliphatic heterocycles. The number of phenolic OH excluding ortho intramolecular Hbond substituents is 1. The van der Waals surface area contributed by atoms with E-state index >= 15 is 0 Å². The molecule has 0 bridgehead atoms. The Hall–Kier alpha value is -2.44. The summed E-state index contributed by atoms with van der Waals surface area (Å²) in [7, 11) is 1.49. The van der Waals surface area contributed by atoms with Crippen molar-refractivity contribution in [2.45, 2.75) is 26.8 Å². The van der Waals surface area contributed by atoms with Crippen molar-refractivity contribution in [2.75, 3.05) is 7.11 Å². The molecule has 1 N–H and O–H groups in total. The van der Waals surface area contributed by atoms with Gasteiger partial charge in [0.2, 0.25) is 0 Å². The summed E-state index contributed by atoms with van der Waals surface area (Å²) < 4.78 is 6.75. The average molecular weight is 276 g/mol. The second kappa shape index (κ2) is 5.68. The maximum absolute atomic E-state index is 11.8. The van der Waals surface area contributed by atoms with Crippen molar-refractivity contribution in [2.24, 2.45) is 0 Å². The van der Waals surface area contributed by atoms with Gasteiger partial charge in [-0.2, -0.15) is 0 Å². The van der Waals surface area contributed by atoms with Crippen molar-refractivity contribution in [3.8, 4) is 11.5 Å². The Morgan fingerprint density at radius 2 is 2.20 bits per heavy atom. The van der Waals surface area contributed by atoms with E-state index < -0.39 is 0 Å². The molecular formula is C13H16N4O3. The number of nitrogens with zero attached hydrogens (tertiary/aromatic N) is 4. The van der Waals surface area contributed by atoms with Crippen LogP contribution in [0, 0.1) is 0 Å². The second-order valence-corrected chi connectivity index (χ2v) is 4.37. The number of phenols is 1. The van der Waals surface area contributed by atoms with Crippen LogP contribution in [0.1, 0.15) is 35.3 Å². The minimum atomic E-state index is -0.243. The number of tetrazole rings is 1. The van der Waals surface area contributed by atoms with Gasteiger partial charge in [-0.15, -0.1) is 5.10 Å². The summed E-state index contributed by atoms with van der Waals surface area (Å²) in [5, 5.41) is 21.1. The normalized spacial score (nSPS) is 10.6. The van der Waals surface area contributed by atoms with E-state index in [1.807, 2.05) is 13.0 Å². The van der Waals surface area contributed by atoms with Crippen molar-refractivity contribution in [1.29, 1.82) is 0 Å². The van der Waals surface area contributed by atoms with Crippen molar-refractivity contribution in [3.05, 3.63) is 29.1 Å². The van der Waals surface area contributed by atoms with E-state index in [2.05, 4.69) is 15.5 Å². The Balaban J connectivity index is 2.58. The third kappa shape index (κ3) is 2.47. The smallest absolute Gasteiger partial charge is 0.167 e. The zero-order chi connectivity index (χ0) is 14.7. The molecule has 1 heterocycles. The van der Waals surface area contributed by atoms with Gasteiger partial charge >= 0.3 is 0 Å². The van der Waals surface area contributed by atoms with Gasteiger partial charge in [0.25, 0.3) is 0 Å². The van der Waals surface area contributed by atoms with E-state index in [0.29, 0.717) is 17.7 Å². The number of ketones is 1. The Bertz CT molecular complexity index is 623. The van der Waals surface area contributed by atoms with Gasteiger partial charge in [-0.05, 0) is 35.4 Å². The highest BCUT2D eigenvalue weighted by atomic mass is 16.5. The quantitative estimate of drug-likeness (QED) is 0.825. The largest absolute Gasteiger partial charge is 0.507 e. The van der Waals surface area contributed by atoms with Gasteiger partial charge in [-0.3, -0.25) is 4.79 Å². The van der Waals surface area contributed by atoms with E-state index in [1.54, 1.807) is 0 Å². The van der Waals surface area contributed by atoms with Crippen LogP contribution in [0.4, 0.5) is 0 Å². The molecule has 0 aliphatic rings. The molecule has 0 aliphatic carbocycles. The lowest BCUT2D eigenvalue weighted by molar-refractivity contribution is 0.101. The van der Waals surface area contributed by atoms with Gasteiger partial charge in [-0.1, -0.05) is 6.92 Å². The topological polar surface area (TPSA) is 90.1 Å². The fourth-order valence-electron chi connectivity index (χ4n) is 2.14. The molecule has 106 valence electrons. The summed E-state index contributed by atoms with van der Waals surface area (Å²) in [5.41, 5.74) is 1.65. The Morgan fingerprint density at radius 1 is 1.45 bits per heavy atom. The highest BCUT2D eigenvalue weighted by Crippen LogP contribution is 2.36. The van der Waals surface area contributed by atoms with Crippen LogP contribution in [0.5, 0.6) is 11.5 Å². The maximum Gasteiger partial charge on any atom is 0.167 e. The number of carbonyl (C=O) groups is 1. The van der Waals surface area contributed by atoms with Gasteiger partial charge < -0.3 is 9.84 Å². The summed E-state index contributed by atoms with van der Waals surface area (Å²) >= 11 is 0. The molecule has 0 amide bonds. The van der Waals surface area contributed by atoms with Crippen LogP contribution in [0.25, 0.3) is 0 Å². The zero-order valence-corrected chi connectivity index (χ0v) is 11.6. The van der Waals surface area contributed by atoms with Gasteiger partial charge in [0.1, 0.15) is 23.4 Å². The number of hydrogen-bond donors (Lipinski definition) is 1. The summed E-state index contributed by atoms with van der Waals surface area (Å²) in [6.45, 7) is 3.65. The molecule has 7 heteroatoms. The highest BCUT2D eigenvalue weighted by molar-refractivity contribution is 6.00. The minimum absolute atomic E-state index is 0.0814. The molecule has 0 unspecified atom stereocenters. The number of aromatic hydroxyl groups is 1. The van der Waals surface area contributed by atoms with Crippen molar-refractivity contribution < 1.29 is 14.6 Å². The first-order chi connectivity index (χ1) is 9.58. The van der Waals surface area contributed by atoms with Gasteiger partial charge in [0.15, 0.2) is 5.78 Å². The first kappa shape index (κ1) is 14.0. The molecule has 0 spiro atoms. The lowest BCUT2D eigenvalue weighted by atomic mass is 9.98. The minimum Gasteiger partial charge on any atom is -0.507 e. The predicted molar refractivity (Wildman–Crippen MR) is 71.0 cm³/mol. The van der Waals surface area contributed by atoms with E-state index in [4.69, 9.17) is 4.74 Å². The van der Waals surface area contributed by atoms with E-state index in [9.17, 15) is 9.90 Å². The molecule has 1 aromatic carbocycles. The van der Waals surface area contributed by atoms with Crippen LogP contribution in [-0.4, -0.2) is 38.2 Å². The number of benzene rings is 1. The van der Waals surface area contributed by atoms with Crippen molar-refractivity contribution >= 4 is 5.78 Å². The number of Topliss-reactive ketones (excluding diaryl/α,β-unsaturated/α-hetero) is 1. The van der Waals surface area contributed by atoms with Crippen LogP contribution in [-0.2, 0) is 13.0 Å². The molecule has 0 saturated carbocycles. The van der Waals surface area contributed by atoms with Crippen molar-refractivity contribution in [1.82, 2.24) is 20.2 Å². The molecule has 2 rings (SSSR count). The fraction of sp³-hybridized carbons (Fsp3) is 0.385. The first-order valence-electron chi connectivity index (χ1n) is 6.21. The lowest BCUT2D eigenvalue weighted by Crippen LogP contribution is -2.07. The monoisotopic (exact) mass is 276 g/mol. The summed E-state index contributed by atoms with van der Waals surface area (Å²) in [4.78, 5) is 11.8. The number of aromatic nitrogens is 4. The van der Waals surface area contributed by atoms with Crippen LogP contribution in [0.3, 0.4) is 0 Å². The van der Waals surface area contributed by atoms with Gasteiger partial charge in [-0.25, -0.2) is 4.68 Å². The summed E-state index contributed by atoms with van der Waals surface area (Å²) in [5.74, 6) is 0.104. The van der Waals surface area contributed by atoms with Crippen LogP contribution in [0.2, 0.25) is 0 Å². The van der Waals surface area contributed by atoms with E-state index in [0.717, 1.165) is 5.56 Å². The molecule has 20 heavy (non-hydrogen) atoms. The third-order valence-corrected chi connectivity index (χ3v) is 3.07. The Labute approximate surface area is 116 Å². The lowest BCUT2D eigenvalue weighted by Gasteiger charge is -2.16. The Kier molecular flexibility index (Phi) is 3.97. The second-order valence-electron chi connectivity index (χ2n) is 4.37. The molecule has 1 aromatic heterocycles. The third-order valence-electron chi connectivity index (χ3n) is 3.07. The number of methoxy groups -OCH3 is 1. The highest BCUT2D eigenvalue weighted by Gasteiger charge is 2.21. The van der Waals surface area contributed by atoms with Crippen LogP contribution in [0.15, 0.2) is 12.4 Å². The van der Waals surface area contributed by atoms with Crippen molar-refractivity contribution in [3.63, 3.8) is 0 Å². The fourth-order valence-corrected chi connectivity index (χ4v) is 2.14. The SMILES string of the molecule is CCc1cc(Cn2cnnn2)c(O)c(C(C)=O)c1OC. The summed E-state index contributed by atoms with van der Waals surface area (Å²) in [6.07, 6.45) is 2.13. The molecule has 2 aromatic rings. The van der Waals surface area contributed by atoms with Gasteiger partial charge in [0, 0.05) is 5.56 Å². The molecule has 0 fully saturated rings. The molecule has 0 radical (unpaired) electrons. The summed E-state index contributed by atoms with van der Waals surface area (Å²) in [6, 6.07) is 1.81. The zero-order valence-electron chi connectivity index (χ0n) is 11.6. The van der Waals surface area contributed by atoms with Crippen LogP contribution >= 0.6 is 0 Å². The predicted octanol–water partition coefficient (Wildman–Crippen LogP) is 1.20. The molecule has 0 saturated heterocycles. The maximum atomic E-state index is 11.8. The number of hydrogen-bond acceptors (Lipinski definition) is 6. The molecular weight excluding hydrogens is 260 g/mol.